The van der Waals surface area contributed by atoms with E-state index in [2.05, 4.69) is 41.7 Å². The highest BCUT2D eigenvalue weighted by Crippen LogP contribution is 2.22. The van der Waals surface area contributed by atoms with E-state index in [0.717, 1.165) is 12.8 Å². The molecular formula is C15H16N2. The predicted octanol–water partition coefficient (Wildman–Crippen LogP) is 2.76. The summed E-state index contributed by atoms with van der Waals surface area (Å²) in [6.07, 6.45) is 6.86. The number of hydrogen-bond donors (Lipinski definition) is 2. The fraction of sp³-hybridized carbons (Fsp3) is 0.200. The van der Waals surface area contributed by atoms with Crippen LogP contribution < -0.4 is 11.3 Å². The van der Waals surface area contributed by atoms with E-state index in [4.69, 9.17) is 12.3 Å². The topological polar surface area (TPSA) is 38.0 Å². The largest absolute Gasteiger partial charge is 0.271 e. The maximum Gasteiger partial charge on any atom is 0.0469 e. The van der Waals surface area contributed by atoms with Crippen LogP contribution in [0.4, 0.5) is 0 Å². The highest BCUT2D eigenvalue weighted by molar-refractivity contribution is 5.83. The molecule has 1 atom stereocenters. The van der Waals surface area contributed by atoms with Crippen LogP contribution in [0.25, 0.3) is 10.8 Å². The van der Waals surface area contributed by atoms with Crippen molar-refractivity contribution in [3.05, 3.63) is 48.0 Å². The summed E-state index contributed by atoms with van der Waals surface area (Å²) in [5, 5.41) is 2.47. The molecule has 0 amide bonds. The molecule has 3 N–H and O–H groups in total. The van der Waals surface area contributed by atoms with Gasteiger partial charge in [-0.1, -0.05) is 36.4 Å². The van der Waals surface area contributed by atoms with Gasteiger partial charge >= 0.3 is 0 Å². The van der Waals surface area contributed by atoms with Crippen molar-refractivity contribution in [2.45, 2.75) is 18.9 Å². The molecule has 0 bridgehead atoms. The van der Waals surface area contributed by atoms with Crippen molar-refractivity contribution in [2.24, 2.45) is 5.84 Å². The SMILES string of the molecule is C#CCCC(NN)c1ccc2ccccc2c1. The third-order valence-corrected chi connectivity index (χ3v) is 2.95. The molecule has 2 rings (SSSR count). The summed E-state index contributed by atoms with van der Waals surface area (Å²) in [5.74, 6) is 8.21. The second-order valence-electron chi connectivity index (χ2n) is 4.07. The molecule has 2 nitrogen and oxygen atoms in total. The smallest absolute Gasteiger partial charge is 0.0469 e. The summed E-state index contributed by atoms with van der Waals surface area (Å²) in [6, 6.07) is 14.8. The first-order valence-electron chi connectivity index (χ1n) is 5.73. The van der Waals surface area contributed by atoms with Gasteiger partial charge in [0.05, 0.1) is 0 Å². The van der Waals surface area contributed by atoms with E-state index in [-0.39, 0.29) is 6.04 Å². The lowest BCUT2D eigenvalue weighted by atomic mass is 9.99. The van der Waals surface area contributed by atoms with E-state index in [0.29, 0.717) is 0 Å². The van der Waals surface area contributed by atoms with Crippen molar-refractivity contribution in [3.8, 4) is 12.3 Å². The standard InChI is InChI=1S/C15H16N2/c1-2-3-8-15(17-16)14-10-9-12-6-4-5-7-13(12)11-14/h1,4-7,9-11,15,17H,3,8,16H2. The molecule has 2 aromatic carbocycles. The Morgan fingerprint density at radius 3 is 2.65 bits per heavy atom. The Morgan fingerprint density at radius 2 is 1.94 bits per heavy atom. The van der Waals surface area contributed by atoms with Crippen molar-refractivity contribution < 1.29 is 0 Å². The molecule has 0 aromatic heterocycles. The molecule has 17 heavy (non-hydrogen) atoms. The van der Waals surface area contributed by atoms with Gasteiger partial charge < -0.3 is 0 Å². The van der Waals surface area contributed by atoms with Crippen LogP contribution in [0.3, 0.4) is 0 Å². The number of nitrogens with one attached hydrogen (secondary N) is 1. The monoisotopic (exact) mass is 224 g/mol. The van der Waals surface area contributed by atoms with E-state index in [1.165, 1.54) is 16.3 Å². The first-order valence-corrected chi connectivity index (χ1v) is 5.73. The number of hydrazine groups is 1. The number of rotatable bonds is 4. The molecule has 2 heteroatoms. The van der Waals surface area contributed by atoms with E-state index in [9.17, 15) is 0 Å². The minimum absolute atomic E-state index is 0.121. The fourth-order valence-electron chi connectivity index (χ4n) is 2.00. The third-order valence-electron chi connectivity index (χ3n) is 2.95. The molecule has 1 unspecified atom stereocenters. The van der Waals surface area contributed by atoms with Gasteiger partial charge in [0.25, 0.3) is 0 Å². The zero-order valence-corrected chi connectivity index (χ0v) is 9.69. The van der Waals surface area contributed by atoms with Crippen molar-refractivity contribution in [2.75, 3.05) is 0 Å². The summed E-state index contributed by atoms with van der Waals surface area (Å²) >= 11 is 0. The Bertz CT molecular complexity index is 540. The lowest BCUT2D eigenvalue weighted by Crippen LogP contribution is -2.27. The lowest BCUT2D eigenvalue weighted by molar-refractivity contribution is 0.524. The highest BCUT2D eigenvalue weighted by atomic mass is 15.2. The van der Waals surface area contributed by atoms with Gasteiger partial charge in [0.1, 0.15) is 0 Å². The Morgan fingerprint density at radius 1 is 1.18 bits per heavy atom. The molecule has 0 saturated carbocycles. The molecule has 0 heterocycles. The van der Waals surface area contributed by atoms with Crippen LogP contribution >= 0.6 is 0 Å². The van der Waals surface area contributed by atoms with E-state index >= 15 is 0 Å². The minimum Gasteiger partial charge on any atom is -0.271 e. The summed E-state index contributed by atoms with van der Waals surface area (Å²) in [7, 11) is 0. The molecule has 86 valence electrons. The van der Waals surface area contributed by atoms with Crippen molar-refractivity contribution >= 4 is 10.8 Å². The van der Waals surface area contributed by atoms with Crippen LogP contribution in [0, 0.1) is 12.3 Å². The Kier molecular flexibility index (Phi) is 3.77. The summed E-state index contributed by atoms with van der Waals surface area (Å²) in [5.41, 5.74) is 4.00. The maximum atomic E-state index is 5.57. The number of hydrogen-bond acceptors (Lipinski definition) is 2. The van der Waals surface area contributed by atoms with Gasteiger partial charge in [-0.3, -0.25) is 11.3 Å². The zero-order chi connectivity index (χ0) is 12.1. The molecule has 0 aliphatic heterocycles. The average Bonchev–Trinajstić information content (AvgIpc) is 2.39. The quantitative estimate of drug-likeness (QED) is 0.476. The Labute approximate surface area is 102 Å². The van der Waals surface area contributed by atoms with E-state index in [1.54, 1.807) is 0 Å². The third kappa shape index (κ3) is 2.65. The molecule has 0 fully saturated rings. The molecule has 0 aliphatic carbocycles. The first-order chi connectivity index (χ1) is 8.35. The lowest BCUT2D eigenvalue weighted by Gasteiger charge is -2.15. The Hall–Kier alpha value is -1.82. The number of benzene rings is 2. The van der Waals surface area contributed by atoms with Crippen LogP contribution in [0.15, 0.2) is 42.5 Å². The molecule has 2 aromatic rings. The first kappa shape index (κ1) is 11.7. The number of nitrogens with two attached hydrogens (primary N) is 1. The van der Waals surface area contributed by atoms with Gasteiger partial charge in [-0.05, 0) is 28.8 Å². The summed E-state index contributed by atoms with van der Waals surface area (Å²) in [4.78, 5) is 0. The van der Waals surface area contributed by atoms with Crippen molar-refractivity contribution in [1.29, 1.82) is 0 Å². The second kappa shape index (κ2) is 5.49. The van der Waals surface area contributed by atoms with Crippen molar-refractivity contribution in [1.82, 2.24) is 5.43 Å². The van der Waals surface area contributed by atoms with Gasteiger partial charge in [-0.2, -0.15) is 0 Å². The molecular weight excluding hydrogens is 208 g/mol. The fourth-order valence-corrected chi connectivity index (χ4v) is 2.00. The molecule has 0 aliphatic rings. The normalized spacial score (nSPS) is 12.2. The summed E-state index contributed by atoms with van der Waals surface area (Å²) < 4.78 is 0. The van der Waals surface area contributed by atoms with E-state index in [1.807, 2.05) is 12.1 Å². The summed E-state index contributed by atoms with van der Waals surface area (Å²) in [6.45, 7) is 0. The van der Waals surface area contributed by atoms with Crippen LogP contribution in [0.5, 0.6) is 0 Å². The van der Waals surface area contributed by atoms with Gasteiger partial charge in [-0.25, -0.2) is 0 Å². The minimum atomic E-state index is 0.121. The molecule has 0 radical (unpaired) electrons. The molecule has 0 saturated heterocycles. The second-order valence-corrected chi connectivity index (χ2v) is 4.07. The van der Waals surface area contributed by atoms with Crippen LogP contribution in [0.2, 0.25) is 0 Å². The van der Waals surface area contributed by atoms with Gasteiger partial charge in [0, 0.05) is 12.5 Å². The number of terminal acetylenes is 1. The number of fused-ring (bicyclic) bond motifs is 1. The Balaban J connectivity index is 2.31. The van der Waals surface area contributed by atoms with Crippen LogP contribution in [0.1, 0.15) is 24.4 Å². The van der Waals surface area contributed by atoms with Gasteiger partial charge in [-0.15, -0.1) is 12.3 Å². The predicted molar refractivity (Wildman–Crippen MR) is 72.1 cm³/mol. The molecule has 0 spiro atoms. The van der Waals surface area contributed by atoms with Crippen molar-refractivity contribution in [3.63, 3.8) is 0 Å². The van der Waals surface area contributed by atoms with E-state index < -0.39 is 0 Å². The van der Waals surface area contributed by atoms with Crippen LogP contribution in [-0.2, 0) is 0 Å². The van der Waals surface area contributed by atoms with Crippen LogP contribution in [-0.4, -0.2) is 0 Å². The average molecular weight is 224 g/mol. The zero-order valence-electron chi connectivity index (χ0n) is 9.69. The highest BCUT2D eigenvalue weighted by Gasteiger charge is 2.08. The maximum absolute atomic E-state index is 5.57. The van der Waals surface area contributed by atoms with Gasteiger partial charge in [0.2, 0.25) is 0 Å². The van der Waals surface area contributed by atoms with Gasteiger partial charge in [0.15, 0.2) is 0 Å².